The molecule has 2 N–H and O–H groups in total. The number of methoxy groups -OCH3 is 1. The van der Waals surface area contributed by atoms with E-state index >= 15 is 0 Å². The van der Waals surface area contributed by atoms with Crippen molar-refractivity contribution in [3.8, 4) is 0 Å². The summed E-state index contributed by atoms with van der Waals surface area (Å²) in [6.07, 6.45) is 0.704. The van der Waals surface area contributed by atoms with Crippen LogP contribution in [-0.4, -0.2) is 32.1 Å². The van der Waals surface area contributed by atoms with Crippen molar-refractivity contribution in [1.29, 1.82) is 0 Å². The first-order chi connectivity index (χ1) is 11.6. The maximum atomic E-state index is 13.6. The summed E-state index contributed by atoms with van der Waals surface area (Å²) in [5, 5.41) is 5.24. The number of rotatable bonds is 7. The fourth-order valence-electron chi connectivity index (χ4n) is 2.08. The second kappa shape index (κ2) is 8.79. The summed E-state index contributed by atoms with van der Waals surface area (Å²) in [7, 11) is 1.60. The molecule has 0 spiro atoms. The van der Waals surface area contributed by atoms with E-state index in [0.29, 0.717) is 25.1 Å². The third-order valence-corrected chi connectivity index (χ3v) is 3.32. The van der Waals surface area contributed by atoms with E-state index in [1.165, 1.54) is 18.2 Å². The summed E-state index contributed by atoms with van der Waals surface area (Å²) < 4.78 is 18.5. The Morgan fingerprint density at radius 2 is 1.75 bits per heavy atom. The van der Waals surface area contributed by atoms with Crippen LogP contribution in [0, 0.1) is 5.82 Å². The molecule has 0 aromatic heterocycles. The minimum atomic E-state index is -0.516. The molecule has 2 aromatic carbocycles. The minimum Gasteiger partial charge on any atom is -0.385 e. The molecule has 2 amide bonds. The Hall–Kier alpha value is -2.73. The van der Waals surface area contributed by atoms with Gasteiger partial charge in [0.25, 0.3) is 11.8 Å². The molecule has 0 bridgehead atoms. The van der Waals surface area contributed by atoms with Gasteiger partial charge in [-0.2, -0.15) is 0 Å². The van der Waals surface area contributed by atoms with Gasteiger partial charge in [-0.1, -0.05) is 18.2 Å². The van der Waals surface area contributed by atoms with E-state index < -0.39 is 11.7 Å². The van der Waals surface area contributed by atoms with Crippen molar-refractivity contribution in [2.45, 2.75) is 6.42 Å². The fraction of sp³-hybridized carbons (Fsp3) is 0.222. The van der Waals surface area contributed by atoms with Crippen LogP contribution in [0.5, 0.6) is 0 Å². The van der Waals surface area contributed by atoms with Crippen molar-refractivity contribution in [3.63, 3.8) is 0 Å². The highest BCUT2D eigenvalue weighted by molar-refractivity contribution is 6.06. The quantitative estimate of drug-likeness (QED) is 0.767. The van der Waals surface area contributed by atoms with E-state index in [2.05, 4.69) is 10.6 Å². The second-order valence-corrected chi connectivity index (χ2v) is 5.12. The zero-order chi connectivity index (χ0) is 17.4. The number of carbonyl (C=O) groups is 2. The lowest BCUT2D eigenvalue weighted by Crippen LogP contribution is -2.25. The molecule has 0 fully saturated rings. The Morgan fingerprint density at radius 3 is 2.46 bits per heavy atom. The molecule has 6 heteroatoms. The highest BCUT2D eigenvalue weighted by atomic mass is 19.1. The molecule has 0 unspecified atom stereocenters. The first-order valence-corrected chi connectivity index (χ1v) is 7.55. The molecule has 0 aliphatic rings. The predicted molar refractivity (Wildman–Crippen MR) is 89.6 cm³/mol. The molecule has 0 radical (unpaired) electrons. The molecule has 2 aromatic rings. The van der Waals surface area contributed by atoms with Crippen LogP contribution in [0.15, 0.2) is 48.5 Å². The van der Waals surface area contributed by atoms with Crippen LogP contribution in [-0.2, 0) is 4.74 Å². The van der Waals surface area contributed by atoms with Gasteiger partial charge in [0, 0.05) is 31.4 Å². The molecule has 0 saturated carbocycles. The lowest BCUT2D eigenvalue weighted by Gasteiger charge is -2.08. The van der Waals surface area contributed by atoms with E-state index in [4.69, 9.17) is 4.74 Å². The van der Waals surface area contributed by atoms with Crippen LogP contribution in [0.4, 0.5) is 10.1 Å². The van der Waals surface area contributed by atoms with Gasteiger partial charge in [-0.05, 0) is 36.8 Å². The van der Waals surface area contributed by atoms with Crippen molar-refractivity contribution in [1.82, 2.24) is 5.32 Å². The molecule has 126 valence electrons. The number of hydrogen-bond donors (Lipinski definition) is 2. The Labute approximate surface area is 139 Å². The molecule has 24 heavy (non-hydrogen) atoms. The minimum absolute atomic E-state index is 0.0944. The molecule has 0 aliphatic carbocycles. The normalized spacial score (nSPS) is 10.2. The average molecular weight is 330 g/mol. The maximum Gasteiger partial charge on any atom is 0.255 e. The monoisotopic (exact) mass is 330 g/mol. The number of hydrogen-bond acceptors (Lipinski definition) is 3. The topological polar surface area (TPSA) is 67.4 Å². The van der Waals surface area contributed by atoms with E-state index in [1.807, 2.05) is 0 Å². The zero-order valence-corrected chi connectivity index (χ0v) is 13.3. The molecular weight excluding hydrogens is 311 g/mol. The molecule has 0 saturated heterocycles. The van der Waals surface area contributed by atoms with Gasteiger partial charge in [0.2, 0.25) is 0 Å². The van der Waals surface area contributed by atoms with Gasteiger partial charge in [-0.15, -0.1) is 0 Å². The summed E-state index contributed by atoms with van der Waals surface area (Å²) >= 11 is 0. The second-order valence-electron chi connectivity index (χ2n) is 5.12. The van der Waals surface area contributed by atoms with Gasteiger partial charge in [0.1, 0.15) is 5.82 Å². The fourth-order valence-corrected chi connectivity index (χ4v) is 2.08. The van der Waals surface area contributed by atoms with Crippen LogP contribution in [0.25, 0.3) is 0 Å². The first-order valence-electron chi connectivity index (χ1n) is 7.55. The van der Waals surface area contributed by atoms with Gasteiger partial charge in [0.05, 0.1) is 5.69 Å². The summed E-state index contributed by atoms with van der Waals surface area (Å²) in [4.78, 5) is 24.3. The van der Waals surface area contributed by atoms with Gasteiger partial charge in [-0.25, -0.2) is 4.39 Å². The van der Waals surface area contributed by atoms with E-state index in [-0.39, 0.29) is 17.2 Å². The maximum absolute atomic E-state index is 13.6. The lowest BCUT2D eigenvalue weighted by atomic mass is 10.1. The van der Waals surface area contributed by atoms with Crippen molar-refractivity contribution in [3.05, 3.63) is 65.5 Å². The summed E-state index contributed by atoms with van der Waals surface area (Å²) in [5.74, 6) is -1.27. The third-order valence-electron chi connectivity index (χ3n) is 3.32. The number of nitrogens with one attached hydrogen (secondary N) is 2. The van der Waals surface area contributed by atoms with Crippen molar-refractivity contribution in [2.24, 2.45) is 0 Å². The smallest absolute Gasteiger partial charge is 0.255 e. The molecule has 0 atom stereocenters. The molecule has 2 rings (SSSR count). The highest BCUT2D eigenvalue weighted by Gasteiger charge is 2.12. The predicted octanol–water partition coefficient (Wildman–Crippen LogP) is 2.84. The number of ether oxygens (including phenoxy) is 1. The van der Waals surface area contributed by atoms with E-state index in [9.17, 15) is 14.0 Å². The van der Waals surface area contributed by atoms with Gasteiger partial charge in [0.15, 0.2) is 0 Å². The van der Waals surface area contributed by atoms with Crippen LogP contribution in [0.2, 0.25) is 0 Å². The summed E-state index contributed by atoms with van der Waals surface area (Å²) in [6.45, 7) is 1.05. The number of para-hydroxylation sites is 1. The SMILES string of the molecule is COCCCNC(=O)c1cccc(C(=O)Nc2ccccc2F)c1. The number of benzene rings is 2. The van der Waals surface area contributed by atoms with Crippen LogP contribution >= 0.6 is 0 Å². The van der Waals surface area contributed by atoms with Crippen LogP contribution in [0.1, 0.15) is 27.1 Å². The Bertz CT molecular complexity index is 719. The molecule has 5 nitrogen and oxygen atoms in total. The molecular formula is C18H19FN2O3. The lowest BCUT2D eigenvalue weighted by molar-refractivity contribution is 0.0948. The molecule has 0 heterocycles. The van der Waals surface area contributed by atoms with E-state index in [0.717, 1.165) is 0 Å². The standard InChI is InChI=1S/C18H19FN2O3/c1-24-11-5-10-20-17(22)13-6-4-7-14(12-13)18(23)21-16-9-3-2-8-15(16)19/h2-4,6-9,12H,5,10-11H2,1H3,(H,20,22)(H,21,23). The first kappa shape index (κ1) is 17.6. The Kier molecular flexibility index (Phi) is 6.45. The summed E-state index contributed by atoms with van der Waals surface area (Å²) in [5.41, 5.74) is 0.744. The zero-order valence-electron chi connectivity index (χ0n) is 13.3. The van der Waals surface area contributed by atoms with Gasteiger partial charge in [-0.3, -0.25) is 9.59 Å². The number of amides is 2. The van der Waals surface area contributed by atoms with Crippen LogP contribution in [0.3, 0.4) is 0 Å². The third kappa shape index (κ3) is 4.89. The van der Waals surface area contributed by atoms with Crippen LogP contribution < -0.4 is 10.6 Å². The Balaban J connectivity index is 2.02. The molecule has 0 aliphatic heterocycles. The Morgan fingerprint density at radius 1 is 1.04 bits per heavy atom. The summed E-state index contributed by atoms with van der Waals surface area (Å²) in [6, 6.07) is 12.2. The van der Waals surface area contributed by atoms with E-state index in [1.54, 1.807) is 37.4 Å². The van der Waals surface area contributed by atoms with Crippen molar-refractivity contribution >= 4 is 17.5 Å². The average Bonchev–Trinajstić information content (AvgIpc) is 2.60. The van der Waals surface area contributed by atoms with Crippen molar-refractivity contribution in [2.75, 3.05) is 25.6 Å². The van der Waals surface area contributed by atoms with Gasteiger partial charge >= 0.3 is 0 Å². The van der Waals surface area contributed by atoms with Gasteiger partial charge < -0.3 is 15.4 Å². The number of anilines is 1. The number of carbonyl (C=O) groups excluding carboxylic acids is 2. The highest BCUT2D eigenvalue weighted by Crippen LogP contribution is 2.14. The van der Waals surface area contributed by atoms with Crippen molar-refractivity contribution < 1.29 is 18.7 Å². The number of halogens is 1. The largest absolute Gasteiger partial charge is 0.385 e.